The minimum absolute atomic E-state index is 0. The second-order valence-corrected chi connectivity index (χ2v) is 7.55. The first kappa shape index (κ1) is 19.5. The summed E-state index contributed by atoms with van der Waals surface area (Å²) < 4.78 is 1.41. The molecular formula is C11H12Li2NO3PS. The van der Waals surface area contributed by atoms with Crippen molar-refractivity contribution in [1.82, 2.24) is 4.67 Å². The molecule has 1 aromatic carbocycles. The molecule has 1 aliphatic rings. The first-order chi connectivity index (χ1) is 8.03. The third-order valence-electron chi connectivity index (χ3n) is 2.92. The van der Waals surface area contributed by atoms with E-state index in [0.29, 0.717) is 24.7 Å². The topological polar surface area (TPSA) is 66.4 Å². The van der Waals surface area contributed by atoms with E-state index in [-0.39, 0.29) is 37.7 Å². The summed E-state index contributed by atoms with van der Waals surface area (Å²) in [6, 6.07) is 7.84. The zero-order valence-corrected chi connectivity index (χ0v) is 12.8. The van der Waals surface area contributed by atoms with Crippen molar-refractivity contribution in [2.75, 3.05) is 6.54 Å². The van der Waals surface area contributed by atoms with Crippen molar-refractivity contribution in [3.8, 4) is 0 Å². The Hall–Kier alpha value is 0.455. The Morgan fingerprint density at radius 3 is 2.42 bits per heavy atom. The van der Waals surface area contributed by atoms with Gasteiger partial charge in [-0.3, -0.25) is 4.67 Å². The number of carbonyl (C=O) groups excluding carboxylic acids is 1. The van der Waals surface area contributed by atoms with Crippen molar-refractivity contribution in [3.63, 3.8) is 0 Å². The van der Waals surface area contributed by atoms with Gasteiger partial charge in [0.15, 0.2) is 0 Å². The van der Waals surface area contributed by atoms with Crippen LogP contribution in [0.3, 0.4) is 0 Å². The van der Waals surface area contributed by atoms with Crippen molar-refractivity contribution < 1.29 is 52.5 Å². The van der Waals surface area contributed by atoms with E-state index in [1.165, 1.54) is 4.67 Å². The van der Waals surface area contributed by atoms with Crippen molar-refractivity contribution >= 4 is 29.5 Å². The molecule has 2 atom stereocenters. The molecule has 0 bridgehead atoms. The summed E-state index contributed by atoms with van der Waals surface area (Å²) >= 11 is 5.16. The maximum Gasteiger partial charge on any atom is 1.00 e. The van der Waals surface area contributed by atoms with Gasteiger partial charge in [-0.1, -0.05) is 42.1 Å². The maximum atomic E-state index is 12.6. The molecule has 4 nitrogen and oxygen atoms in total. The van der Waals surface area contributed by atoms with E-state index in [1.807, 2.05) is 0 Å². The summed E-state index contributed by atoms with van der Waals surface area (Å²) in [5, 5.41) is 11.5. The fourth-order valence-corrected chi connectivity index (χ4v) is 4.85. The summed E-state index contributed by atoms with van der Waals surface area (Å²) in [7, 11) is 0. The van der Waals surface area contributed by atoms with Gasteiger partial charge in [-0.2, -0.15) is 0 Å². The normalized spacial score (nSPS) is 21.8. The van der Waals surface area contributed by atoms with Gasteiger partial charge in [0.05, 0.1) is 12.0 Å². The van der Waals surface area contributed by atoms with Gasteiger partial charge in [-0.05, 0) is 24.6 Å². The smallest absolute Gasteiger partial charge is 0.807 e. The second kappa shape index (κ2) is 8.03. The Balaban J connectivity index is 0.00000162. The number of carboxylic acids is 1. The van der Waals surface area contributed by atoms with Gasteiger partial charge >= 0.3 is 37.7 Å². The number of benzene rings is 1. The van der Waals surface area contributed by atoms with Gasteiger partial charge in [0.2, 0.25) is 0 Å². The minimum atomic E-state index is -3.21. The van der Waals surface area contributed by atoms with Gasteiger partial charge in [-0.25, -0.2) is 0 Å². The molecule has 0 N–H and O–H groups in total. The Kier molecular flexibility index (Phi) is 8.23. The molecule has 19 heavy (non-hydrogen) atoms. The Morgan fingerprint density at radius 1 is 1.32 bits per heavy atom. The monoisotopic (exact) mass is 283 g/mol. The standard InChI is InChI=1S/C11H14NO3PS.2Li/c13-11(14)10-7-4-8-12(10)16(15,17)9-5-2-1-3-6-9;;/h1-3,5-6,10H,4,7-8H2,(H,13,14)(H,15,17);;/q;2*+1/p-2/t10-,16?;;/m0../s1. The molecule has 0 radical (unpaired) electrons. The fraction of sp³-hybridized carbons (Fsp3) is 0.364. The Labute approximate surface area is 142 Å². The van der Waals surface area contributed by atoms with Gasteiger partial charge in [-0.15, -0.1) is 0 Å². The molecule has 1 unspecified atom stereocenters. The van der Waals surface area contributed by atoms with Crippen LogP contribution in [-0.4, -0.2) is 23.2 Å². The third-order valence-corrected chi connectivity index (χ3v) is 6.28. The molecule has 1 aliphatic heterocycles. The van der Waals surface area contributed by atoms with Crippen LogP contribution in [0.25, 0.3) is 0 Å². The molecule has 0 spiro atoms. The van der Waals surface area contributed by atoms with Crippen LogP contribution in [-0.2, 0) is 16.6 Å². The second-order valence-electron chi connectivity index (χ2n) is 4.00. The summed E-state index contributed by atoms with van der Waals surface area (Å²) in [5.74, 6) is -1.19. The number of carboxylic acid groups (broad SMARTS) is 1. The van der Waals surface area contributed by atoms with Crippen molar-refractivity contribution in [2.45, 2.75) is 18.9 Å². The molecule has 1 saturated heterocycles. The van der Waals surface area contributed by atoms with E-state index in [1.54, 1.807) is 30.3 Å². The van der Waals surface area contributed by atoms with Crippen LogP contribution in [0, 0.1) is 0 Å². The number of nitrogens with zero attached hydrogens (tertiary/aromatic N) is 1. The fourth-order valence-electron chi connectivity index (χ4n) is 2.07. The molecule has 0 amide bonds. The quantitative estimate of drug-likeness (QED) is 0.407. The molecule has 2 rings (SSSR count). The van der Waals surface area contributed by atoms with Gasteiger partial charge in [0, 0.05) is 6.54 Å². The van der Waals surface area contributed by atoms with Gasteiger partial charge in [0.1, 0.15) is 0 Å². The summed E-state index contributed by atoms with van der Waals surface area (Å²) in [5.41, 5.74) is 0. The molecule has 0 aliphatic carbocycles. The van der Waals surface area contributed by atoms with E-state index >= 15 is 0 Å². The summed E-state index contributed by atoms with van der Waals surface area (Å²) in [6.45, 7) is 0.453. The third kappa shape index (κ3) is 4.21. The van der Waals surface area contributed by atoms with E-state index in [4.69, 9.17) is 11.8 Å². The molecule has 8 heteroatoms. The molecule has 0 aromatic heterocycles. The van der Waals surface area contributed by atoms with Gasteiger partial charge in [0.25, 0.3) is 0 Å². The van der Waals surface area contributed by atoms with Crippen LogP contribution < -0.4 is 53.0 Å². The number of aliphatic carboxylic acids is 1. The number of carbonyl (C=O) groups is 1. The Morgan fingerprint density at radius 2 is 1.89 bits per heavy atom. The predicted molar refractivity (Wildman–Crippen MR) is 65.1 cm³/mol. The summed E-state index contributed by atoms with van der Waals surface area (Å²) in [6.07, 6.45) is -2.07. The van der Waals surface area contributed by atoms with Crippen LogP contribution in [0.5, 0.6) is 0 Å². The van der Waals surface area contributed by atoms with E-state index in [9.17, 15) is 14.8 Å². The maximum absolute atomic E-state index is 12.6. The zero-order valence-electron chi connectivity index (χ0n) is 11.1. The first-order valence-corrected chi connectivity index (χ1v) is 8.05. The zero-order chi connectivity index (χ0) is 12.5. The molecule has 0 saturated carbocycles. The number of hydrogen-bond donors (Lipinski definition) is 0. The van der Waals surface area contributed by atoms with E-state index in [0.717, 1.165) is 0 Å². The van der Waals surface area contributed by atoms with Gasteiger partial charge < -0.3 is 14.8 Å². The molecule has 1 aromatic rings. The largest absolute Gasteiger partial charge is 1.00 e. The SMILES string of the molecule is O=C([O-])[C@@H]1CCCN1P([O-])(=S)c1ccccc1.[Li+].[Li+]. The van der Waals surface area contributed by atoms with E-state index in [2.05, 4.69) is 0 Å². The van der Waals surface area contributed by atoms with Crippen LogP contribution in [0.1, 0.15) is 12.8 Å². The average molecular weight is 283 g/mol. The average Bonchev–Trinajstić information content (AvgIpc) is 2.80. The molecule has 92 valence electrons. The van der Waals surface area contributed by atoms with Crippen molar-refractivity contribution in [2.24, 2.45) is 0 Å². The number of rotatable bonds is 3. The van der Waals surface area contributed by atoms with Crippen LogP contribution >= 0.6 is 6.42 Å². The van der Waals surface area contributed by atoms with Crippen LogP contribution in [0.2, 0.25) is 0 Å². The molecule has 1 fully saturated rings. The van der Waals surface area contributed by atoms with Crippen molar-refractivity contribution in [3.05, 3.63) is 30.3 Å². The first-order valence-electron chi connectivity index (χ1n) is 5.38. The van der Waals surface area contributed by atoms with Crippen LogP contribution in [0.4, 0.5) is 0 Å². The van der Waals surface area contributed by atoms with E-state index < -0.39 is 18.4 Å². The van der Waals surface area contributed by atoms with Crippen molar-refractivity contribution in [1.29, 1.82) is 0 Å². The Bertz CT molecular complexity index is 474. The molecule has 1 heterocycles. The number of hydrogen-bond acceptors (Lipinski definition) is 4. The van der Waals surface area contributed by atoms with Crippen LogP contribution in [0.15, 0.2) is 30.3 Å². The molecular weight excluding hydrogens is 271 g/mol. The summed E-state index contributed by atoms with van der Waals surface area (Å²) in [4.78, 5) is 23.6. The minimum Gasteiger partial charge on any atom is -0.807 e. The predicted octanol–water partition coefficient (Wildman–Crippen LogP) is -6.80.